The predicted molar refractivity (Wildman–Crippen MR) is 77.5 cm³/mol. The second-order valence-electron chi connectivity index (χ2n) is 4.78. The summed E-state index contributed by atoms with van der Waals surface area (Å²) in [7, 11) is 3.14. The number of carbonyl (C=O) groups is 3. The van der Waals surface area contributed by atoms with Crippen LogP contribution in [0.5, 0.6) is 5.75 Å². The van der Waals surface area contributed by atoms with Gasteiger partial charge in [0.05, 0.1) is 0 Å². The SMILES string of the molecule is CN(C)C(=O)COC(=O)COc1ccc(CCC(=O)O)cc1. The minimum atomic E-state index is -0.852. The van der Waals surface area contributed by atoms with Crippen LogP contribution in [0, 0.1) is 0 Å². The number of hydrogen-bond acceptors (Lipinski definition) is 5. The fraction of sp³-hybridized carbons (Fsp3) is 0.400. The highest BCUT2D eigenvalue weighted by molar-refractivity contribution is 5.80. The highest BCUT2D eigenvalue weighted by Gasteiger charge is 2.09. The Balaban J connectivity index is 2.33. The van der Waals surface area contributed by atoms with Crippen molar-refractivity contribution in [3.05, 3.63) is 29.8 Å². The number of carbonyl (C=O) groups excluding carboxylic acids is 2. The summed E-state index contributed by atoms with van der Waals surface area (Å²) in [6, 6.07) is 6.77. The van der Waals surface area contributed by atoms with Crippen LogP contribution in [0.3, 0.4) is 0 Å². The van der Waals surface area contributed by atoms with E-state index in [1.54, 1.807) is 38.4 Å². The van der Waals surface area contributed by atoms with Gasteiger partial charge in [0, 0.05) is 20.5 Å². The molecule has 0 aliphatic rings. The lowest BCUT2D eigenvalue weighted by molar-refractivity contribution is -0.152. The van der Waals surface area contributed by atoms with Gasteiger partial charge in [0.25, 0.3) is 5.91 Å². The van der Waals surface area contributed by atoms with E-state index in [1.807, 2.05) is 0 Å². The molecule has 1 N–H and O–H groups in total. The summed E-state index contributed by atoms with van der Waals surface area (Å²) < 4.78 is 9.98. The number of aryl methyl sites for hydroxylation is 1. The Kier molecular flexibility index (Phi) is 6.88. The molecule has 0 fully saturated rings. The molecule has 1 aromatic rings. The molecule has 0 spiro atoms. The Hall–Kier alpha value is -2.57. The quantitative estimate of drug-likeness (QED) is 0.711. The molecule has 0 bridgehead atoms. The molecule has 0 atom stereocenters. The van der Waals surface area contributed by atoms with Crippen molar-refractivity contribution in [2.75, 3.05) is 27.3 Å². The van der Waals surface area contributed by atoms with Crippen LogP contribution >= 0.6 is 0 Å². The number of rotatable bonds is 8. The van der Waals surface area contributed by atoms with Gasteiger partial charge >= 0.3 is 11.9 Å². The Morgan fingerprint density at radius 3 is 2.27 bits per heavy atom. The highest BCUT2D eigenvalue weighted by atomic mass is 16.6. The van der Waals surface area contributed by atoms with Crippen molar-refractivity contribution in [3.63, 3.8) is 0 Å². The van der Waals surface area contributed by atoms with Gasteiger partial charge in [0.2, 0.25) is 0 Å². The normalized spacial score (nSPS) is 9.91. The molecule has 0 saturated heterocycles. The van der Waals surface area contributed by atoms with Crippen molar-refractivity contribution in [1.82, 2.24) is 4.90 Å². The van der Waals surface area contributed by atoms with Crippen LogP contribution in [0.25, 0.3) is 0 Å². The van der Waals surface area contributed by atoms with Gasteiger partial charge in [-0.25, -0.2) is 4.79 Å². The smallest absolute Gasteiger partial charge is 0.344 e. The first-order valence-corrected chi connectivity index (χ1v) is 6.68. The summed E-state index contributed by atoms with van der Waals surface area (Å²) in [5.74, 6) is -1.33. The number of likely N-dealkylation sites (N-methyl/N-ethyl adjacent to an activating group) is 1. The first kappa shape index (κ1) is 17.5. The van der Waals surface area contributed by atoms with Crippen LogP contribution in [0.15, 0.2) is 24.3 Å². The topological polar surface area (TPSA) is 93.1 Å². The highest BCUT2D eigenvalue weighted by Crippen LogP contribution is 2.13. The fourth-order valence-electron chi connectivity index (χ4n) is 1.46. The maximum atomic E-state index is 11.4. The zero-order valence-electron chi connectivity index (χ0n) is 12.6. The van der Waals surface area contributed by atoms with Gasteiger partial charge in [-0.15, -0.1) is 0 Å². The minimum absolute atomic E-state index is 0.0619. The number of hydrogen-bond donors (Lipinski definition) is 1. The number of carboxylic acids is 1. The third kappa shape index (κ3) is 6.74. The monoisotopic (exact) mass is 309 g/mol. The average Bonchev–Trinajstić information content (AvgIpc) is 2.49. The number of amides is 1. The second kappa shape index (κ2) is 8.66. The van der Waals surface area contributed by atoms with Crippen LogP contribution in [0.1, 0.15) is 12.0 Å². The Morgan fingerprint density at radius 1 is 1.09 bits per heavy atom. The summed E-state index contributed by atoms with van der Waals surface area (Å²) in [4.78, 5) is 34.4. The van der Waals surface area contributed by atoms with Crippen LogP contribution in [0.4, 0.5) is 0 Å². The lowest BCUT2D eigenvalue weighted by Crippen LogP contribution is -2.28. The van der Waals surface area contributed by atoms with Crippen molar-refractivity contribution < 1.29 is 29.0 Å². The van der Waals surface area contributed by atoms with Crippen molar-refractivity contribution in [2.45, 2.75) is 12.8 Å². The van der Waals surface area contributed by atoms with Gasteiger partial charge in [-0.2, -0.15) is 0 Å². The van der Waals surface area contributed by atoms with E-state index in [1.165, 1.54) is 4.90 Å². The van der Waals surface area contributed by atoms with Crippen molar-refractivity contribution in [1.29, 1.82) is 0 Å². The number of aliphatic carboxylic acids is 1. The van der Waals surface area contributed by atoms with Crippen LogP contribution in [-0.2, 0) is 25.5 Å². The summed E-state index contributed by atoms with van der Waals surface area (Å²) in [6.07, 6.45) is 0.497. The summed E-state index contributed by atoms with van der Waals surface area (Å²) >= 11 is 0. The van der Waals surface area contributed by atoms with Crippen LogP contribution in [-0.4, -0.2) is 55.2 Å². The lowest BCUT2D eigenvalue weighted by atomic mass is 10.1. The zero-order valence-corrected chi connectivity index (χ0v) is 12.6. The van der Waals surface area contributed by atoms with Crippen molar-refractivity contribution in [2.24, 2.45) is 0 Å². The number of benzene rings is 1. The van der Waals surface area contributed by atoms with Crippen LogP contribution in [0.2, 0.25) is 0 Å². The standard InChI is InChI=1S/C15H19NO6/c1-16(2)13(17)9-22-15(20)10-21-12-6-3-11(4-7-12)5-8-14(18)19/h3-4,6-7H,5,8-10H2,1-2H3,(H,18,19). The Labute approximate surface area is 128 Å². The molecule has 0 heterocycles. The zero-order chi connectivity index (χ0) is 16.5. The van der Waals surface area contributed by atoms with E-state index in [0.717, 1.165) is 5.56 Å². The first-order valence-electron chi connectivity index (χ1n) is 6.68. The molecule has 0 aliphatic heterocycles. The molecule has 7 nitrogen and oxygen atoms in total. The van der Waals surface area contributed by atoms with Crippen molar-refractivity contribution >= 4 is 17.8 Å². The molecule has 0 aromatic heterocycles. The summed E-state index contributed by atoms with van der Waals surface area (Å²) in [5, 5.41) is 8.60. The molecule has 1 amide bonds. The fourth-order valence-corrected chi connectivity index (χ4v) is 1.46. The van der Waals surface area contributed by atoms with Gasteiger partial charge in [-0.05, 0) is 24.1 Å². The largest absolute Gasteiger partial charge is 0.482 e. The Morgan fingerprint density at radius 2 is 1.73 bits per heavy atom. The molecule has 22 heavy (non-hydrogen) atoms. The molecular weight excluding hydrogens is 290 g/mol. The van der Waals surface area contributed by atoms with E-state index in [4.69, 9.17) is 14.6 Å². The van der Waals surface area contributed by atoms with Crippen LogP contribution < -0.4 is 4.74 Å². The molecule has 120 valence electrons. The van der Waals surface area contributed by atoms with Gasteiger partial charge in [-0.1, -0.05) is 12.1 Å². The van der Waals surface area contributed by atoms with E-state index < -0.39 is 11.9 Å². The van der Waals surface area contributed by atoms with E-state index in [9.17, 15) is 14.4 Å². The predicted octanol–water partition coefficient (Wildman–Crippen LogP) is 0.714. The minimum Gasteiger partial charge on any atom is -0.482 e. The third-order valence-electron chi connectivity index (χ3n) is 2.76. The molecule has 0 saturated carbocycles. The molecule has 1 aromatic carbocycles. The van der Waals surface area contributed by atoms with E-state index in [0.29, 0.717) is 12.2 Å². The number of nitrogens with zero attached hydrogens (tertiary/aromatic N) is 1. The molecule has 0 radical (unpaired) electrons. The maximum absolute atomic E-state index is 11.4. The second-order valence-corrected chi connectivity index (χ2v) is 4.78. The van der Waals surface area contributed by atoms with E-state index >= 15 is 0 Å². The van der Waals surface area contributed by atoms with Gasteiger partial charge in [0.1, 0.15) is 5.75 Å². The van der Waals surface area contributed by atoms with E-state index in [-0.39, 0.29) is 25.5 Å². The number of carboxylic acid groups (broad SMARTS) is 1. The average molecular weight is 309 g/mol. The van der Waals surface area contributed by atoms with Crippen molar-refractivity contribution in [3.8, 4) is 5.75 Å². The third-order valence-corrected chi connectivity index (χ3v) is 2.76. The molecular formula is C15H19NO6. The lowest BCUT2D eigenvalue weighted by Gasteiger charge is -2.11. The summed E-state index contributed by atoms with van der Waals surface area (Å²) in [6.45, 7) is -0.613. The molecule has 1 rings (SSSR count). The maximum Gasteiger partial charge on any atom is 0.344 e. The Bertz CT molecular complexity index is 523. The number of esters is 1. The number of ether oxygens (including phenoxy) is 2. The molecule has 0 aliphatic carbocycles. The summed E-state index contributed by atoms with van der Waals surface area (Å²) in [5.41, 5.74) is 0.869. The molecule has 7 heteroatoms. The first-order chi connectivity index (χ1) is 10.4. The van der Waals surface area contributed by atoms with Gasteiger partial charge in [0.15, 0.2) is 13.2 Å². The van der Waals surface area contributed by atoms with Gasteiger partial charge < -0.3 is 19.5 Å². The molecule has 0 unspecified atom stereocenters. The van der Waals surface area contributed by atoms with E-state index in [2.05, 4.69) is 0 Å². The van der Waals surface area contributed by atoms with Gasteiger partial charge in [-0.3, -0.25) is 9.59 Å².